The van der Waals surface area contributed by atoms with Crippen LogP contribution in [0.2, 0.25) is 0 Å². The van der Waals surface area contributed by atoms with Gasteiger partial charge in [-0.3, -0.25) is 0 Å². The van der Waals surface area contributed by atoms with Gasteiger partial charge in [0.2, 0.25) is 0 Å². The van der Waals surface area contributed by atoms with E-state index in [0.29, 0.717) is 5.57 Å². The van der Waals surface area contributed by atoms with Gasteiger partial charge in [-0.25, -0.2) is 9.59 Å². The maximum Gasteiger partial charge on any atom is 0.333 e. The van der Waals surface area contributed by atoms with Crippen molar-refractivity contribution >= 4 is 11.9 Å². The molecule has 0 fully saturated rings. The van der Waals surface area contributed by atoms with Gasteiger partial charge in [-0.05, 0) is 13.8 Å². The van der Waals surface area contributed by atoms with E-state index in [1.807, 2.05) is 0 Å². The SMILES string of the molecule is C=C(C)C(=O)OCCC(O)O.C=CC(=O)OC(C)OC. The first-order chi connectivity index (χ1) is 9.24. The van der Waals surface area contributed by atoms with Gasteiger partial charge < -0.3 is 24.4 Å². The van der Waals surface area contributed by atoms with Crippen LogP contribution in [0.4, 0.5) is 0 Å². The predicted molar refractivity (Wildman–Crippen MR) is 71.4 cm³/mol. The second-order valence-corrected chi connectivity index (χ2v) is 3.63. The standard InChI is InChI=1S/C7H12O4.C6H10O3/c1-5(2)7(10)11-4-3-6(8)9;1-4-6(7)9-5(2)8-3/h6,8-9H,1,3-4H2,2H3;4-5H,1H2,2-3H3. The molecule has 2 N–H and O–H groups in total. The molecule has 1 unspecified atom stereocenters. The summed E-state index contributed by atoms with van der Waals surface area (Å²) >= 11 is 0. The van der Waals surface area contributed by atoms with Crippen LogP contribution in [0.25, 0.3) is 0 Å². The molecule has 0 aliphatic carbocycles. The summed E-state index contributed by atoms with van der Waals surface area (Å²) in [6.07, 6.45) is -0.794. The average Bonchev–Trinajstić information content (AvgIpc) is 2.38. The molecule has 0 heterocycles. The second-order valence-electron chi connectivity index (χ2n) is 3.63. The van der Waals surface area contributed by atoms with Gasteiger partial charge >= 0.3 is 11.9 Å². The molecule has 0 saturated heterocycles. The Morgan fingerprint density at radius 1 is 1.35 bits per heavy atom. The smallest absolute Gasteiger partial charge is 0.333 e. The average molecular weight is 290 g/mol. The molecule has 0 aromatic rings. The Balaban J connectivity index is 0. The normalized spacial score (nSPS) is 10.9. The summed E-state index contributed by atoms with van der Waals surface area (Å²) in [7, 11) is 1.46. The van der Waals surface area contributed by atoms with E-state index in [1.165, 1.54) is 14.0 Å². The van der Waals surface area contributed by atoms with Crippen molar-refractivity contribution in [1.29, 1.82) is 0 Å². The van der Waals surface area contributed by atoms with Gasteiger partial charge in [0.25, 0.3) is 0 Å². The molecule has 20 heavy (non-hydrogen) atoms. The maximum absolute atomic E-state index is 10.6. The number of carbonyl (C=O) groups excluding carboxylic acids is 2. The zero-order valence-electron chi connectivity index (χ0n) is 12.0. The topological polar surface area (TPSA) is 102 Å². The van der Waals surface area contributed by atoms with E-state index in [9.17, 15) is 9.59 Å². The van der Waals surface area contributed by atoms with Gasteiger partial charge in [-0.15, -0.1) is 0 Å². The van der Waals surface area contributed by atoms with Crippen molar-refractivity contribution in [3.05, 3.63) is 24.8 Å². The molecule has 0 amide bonds. The van der Waals surface area contributed by atoms with E-state index in [4.69, 9.17) is 10.2 Å². The molecule has 0 aromatic carbocycles. The van der Waals surface area contributed by atoms with E-state index in [1.54, 1.807) is 6.92 Å². The van der Waals surface area contributed by atoms with Gasteiger partial charge in [0, 0.05) is 25.2 Å². The monoisotopic (exact) mass is 290 g/mol. The van der Waals surface area contributed by atoms with Crippen LogP contribution in [0.1, 0.15) is 20.3 Å². The van der Waals surface area contributed by atoms with E-state index < -0.39 is 24.5 Å². The highest BCUT2D eigenvalue weighted by Gasteiger charge is 2.04. The molecule has 0 bridgehead atoms. The van der Waals surface area contributed by atoms with E-state index >= 15 is 0 Å². The van der Waals surface area contributed by atoms with Gasteiger partial charge in [0.05, 0.1) is 6.61 Å². The Labute approximate surface area is 118 Å². The number of hydrogen-bond donors (Lipinski definition) is 2. The number of methoxy groups -OCH3 is 1. The Morgan fingerprint density at radius 2 is 1.90 bits per heavy atom. The fraction of sp³-hybridized carbons (Fsp3) is 0.538. The predicted octanol–water partition coefficient (Wildman–Crippen LogP) is 0.515. The number of aliphatic hydroxyl groups excluding tert-OH is 1. The lowest BCUT2D eigenvalue weighted by atomic mass is 10.3. The number of ether oxygens (including phenoxy) is 3. The molecular weight excluding hydrogens is 268 g/mol. The largest absolute Gasteiger partial charge is 0.462 e. The van der Waals surface area contributed by atoms with Crippen LogP contribution in [0, 0.1) is 0 Å². The Kier molecular flexibility index (Phi) is 12.7. The van der Waals surface area contributed by atoms with Crippen molar-refractivity contribution < 1.29 is 34.0 Å². The minimum atomic E-state index is -1.42. The van der Waals surface area contributed by atoms with Crippen molar-refractivity contribution in [3.8, 4) is 0 Å². The summed E-state index contributed by atoms with van der Waals surface area (Å²) in [5.74, 6) is -0.977. The lowest BCUT2D eigenvalue weighted by Gasteiger charge is -2.07. The van der Waals surface area contributed by atoms with Crippen LogP contribution in [-0.4, -0.2) is 48.4 Å². The van der Waals surface area contributed by atoms with Crippen molar-refractivity contribution in [2.24, 2.45) is 0 Å². The fourth-order valence-corrected chi connectivity index (χ4v) is 0.640. The van der Waals surface area contributed by atoms with Crippen LogP contribution < -0.4 is 0 Å². The lowest BCUT2D eigenvalue weighted by molar-refractivity contribution is -0.163. The Morgan fingerprint density at radius 3 is 2.25 bits per heavy atom. The minimum absolute atomic E-state index is 0.00333. The van der Waals surface area contributed by atoms with Crippen LogP contribution in [0.3, 0.4) is 0 Å². The van der Waals surface area contributed by atoms with E-state index in [0.717, 1.165) is 6.08 Å². The second kappa shape index (κ2) is 12.3. The number of esters is 2. The molecule has 7 heteroatoms. The molecule has 7 nitrogen and oxygen atoms in total. The Hall–Kier alpha value is -1.70. The molecule has 0 rings (SSSR count). The molecule has 116 valence electrons. The van der Waals surface area contributed by atoms with E-state index in [-0.39, 0.29) is 13.0 Å². The first-order valence-corrected chi connectivity index (χ1v) is 5.79. The van der Waals surface area contributed by atoms with Crippen LogP contribution >= 0.6 is 0 Å². The van der Waals surface area contributed by atoms with Crippen molar-refractivity contribution in [3.63, 3.8) is 0 Å². The first kappa shape index (κ1) is 20.6. The number of aliphatic hydroxyl groups is 2. The van der Waals surface area contributed by atoms with Crippen LogP contribution in [-0.2, 0) is 23.8 Å². The molecule has 0 spiro atoms. The summed E-state index contributed by atoms with van der Waals surface area (Å²) in [6.45, 7) is 9.73. The van der Waals surface area contributed by atoms with Crippen molar-refractivity contribution in [2.45, 2.75) is 32.8 Å². The van der Waals surface area contributed by atoms with E-state index in [2.05, 4.69) is 27.4 Å². The maximum atomic E-state index is 10.6. The highest BCUT2D eigenvalue weighted by Crippen LogP contribution is 1.94. The zero-order chi connectivity index (χ0) is 16.1. The Bertz CT molecular complexity index is 323. The highest BCUT2D eigenvalue weighted by molar-refractivity contribution is 5.86. The first-order valence-electron chi connectivity index (χ1n) is 5.79. The molecule has 0 aliphatic heterocycles. The molecule has 0 aliphatic rings. The summed E-state index contributed by atoms with van der Waals surface area (Å²) in [5.41, 5.74) is 0.303. The lowest BCUT2D eigenvalue weighted by Crippen LogP contribution is -2.14. The van der Waals surface area contributed by atoms with Gasteiger partial charge in [0.15, 0.2) is 12.6 Å². The summed E-state index contributed by atoms with van der Waals surface area (Å²) < 4.78 is 13.8. The summed E-state index contributed by atoms with van der Waals surface area (Å²) in [4.78, 5) is 21.0. The number of carbonyl (C=O) groups is 2. The third kappa shape index (κ3) is 14.4. The van der Waals surface area contributed by atoms with Gasteiger partial charge in [-0.1, -0.05) is 13.2 Å². The molecular formula is C13H22O7. The number of rotatable bonds is 7. The molecule has 1 atom stereocenters. The third-order valence-electron chi connectivity index (χ3n) is 1.74. The van der Waals surface area contributed by atoms with Crippen LogP contribution in [0.5, 0.6) is 0 Å². The summed E-state index contributed by atoms with van der Waals surface area (Å²) in [6, 6.07) is 0. The third-order valence-corrected chi connectivity index (χ3v) is 1.74. The highest BCUT2D eigenvalue weighted by atomic mass is 16.7. The summed E-state index contributed by atoms with van der Waals surface area (Å²) in [5, 5.41) is 16.7. The van der Waals surface area contributed by atoms with Crippen molar-refractivity contribution in [2.75, 3.05) is 13.7 Å². The van der Waals surface area contributed by atoms with Gasteiger partial charge in [-0.2, -0.15) is 0 Å². The fourth-order valence-electron chi connectivity index (χ4n) is 0.640. The van der Waals surface area contributed by atoms with Crippen molar-refractivity contribution in [1.82, 2.24) is 0 Å². The zero-order valence-corrected chi connectivity index (χ0v) is 12.0. The molecule has 0 aromatic heterocycles. The molecule has 0 radical (unpaired) electrons. The number of hydrogen-bond acceptors (Lipinski definition) is 7. The minimum Gasteiger partial charge on any atom is -0.462 e. The van der Waals surface area contributed by atoms with Crippen LogP contribution in [0.15, 0.2) is 24.8 Å². The van der Waals surface area contributed by atoms with Gasteiger partial charge in [0.1, 0.15) is 0 Å². The molecule has 0 saturated carbocycles. The quantitative estimate of drug-likeness (QED) is 0.400.